The number of aliphatic hydroxyl groups excluding tert-OH is 3. The predicted octanol–water partition coefficient (Wildman–Crippen LogP) is -2.78. The molecular formula is C12H24N2O7. The van der Waals surface area contributed by atoms with Crippen LogP contribution in [0.5, 0.6) is 0 Å². The molecule has 0 aromatic heterocycles. The lowest BCUT2D eigenvalue weighted by molar-refractivity contribution is -0.262. The summed E-state index contributed by atoms with van der Waals surface area (Å²) in [5.41, 5.74) is 5.73. The Labute approximate surface area is 122 Å². The molecule has 0 aromatic carbocycles. The maximum Gasteiger partial charge on any atom is 0.320 e. The van der Waals surface area contributed by atoms with Crippen molar-refractivity contribution < 1.29 is 34.7 Å². The Morgan fingerprint density at radius 2 is 2.05 bits per heavy atom. The molecule has 1 unspecified atom stereocenters. The average Bonchev–Trinajstić information content (AvgIpc) is 2.44. The number of carbonyl (C=O) groups is 1. The molecule has 9 nitrogen and oxygen atoms in total. The lowest BCUT2D eigenvalue weighted by Crippen LogP contribution is -2.63. The van der Waals surface area contributed by atoms with Gasteiger partial charge in [0.2, 0.25) is 0 Å². The Morgan fingerprint density at radius 1 is 1.43 bits per heavy atom. The first-order valence-electron chi connectivity index (χ1n) is 6.77. The van der Waals surface area contributed by atoms with Gasteiger partial charge in [0, 0.05) is 6.54 Å². The number of aliphatic hydroxyl groups is 3. The van der Waals surface area contributed by atoms with E-state index in [9.17, 15) is 15.0 Å². The van der Waals surface area contributed by atoms with Crippen LogP contribution in [0, 0.1) is 0 Å². The first-order valence-corrected chi connectivity index (χ1v) is 6.77. The number of carboxylic acids is 1. The number of ether oxygens (including phenoxy) is 2. The molecule has 0 amide bonds. The predicted molar refractivity (Wildman–Crippen MR) is 71.4 cm³/mol. The quantitative estimate of drug-likeness (QED) is 0.293. The summed E-state index contributed by atoms with van der Waals surface area (Å²) in [6.07, 6.45) is -4.91. The Balaban J connectivity index is 2.55. The molecule has 1 fully saturated rings. The van der Waals surface area contributed by atoms with Gasteiger partial charge in [0.15, 0.2) is 6.29 Å². The van der Waals surface area contributed by atoms with Gasteiger partial charge >= 0.3 is 5.97 Å². The van der Waals surface area contributed by atoms with Crippen LogP contribution in [-0.2, 0) is 14.3 Å². The number of hydrogen-bond acceptors (Lipinski definition) is 8. The first-order chi connectivity index (χ1) is 9.77. The van der Waals surface area contributed by atoms with Gasteiger partial charge in [0.1, 0.15) is 24.4 Å². The van der Waals surface area contributed by atoms with Crippen LogP contribution in [0.3, 0.4) is 0 Å². The van der Waals surface area contributed by atoms with Crippen LogP contribution in [-0.4, -0.2) is 82.3 Å². The van der Waals surface area contributed by atoms with Gasteiger partial charge in [-0.25, -0.2) is 0 Å². The zero-order valence-electron chi connectivity index (χ0n) is 12.0. The molecule has 1 saturated heterocycles. The highest BCUT2D eigenvalue weighted by Crippen LogP contribution is 2.22. The van der Waals surface area contributed by atoms with Crippen LogP contribution in [0.15, 0.2) is 0 Å². The summed E-state index contributed by atoms with van der Waals surface area (Å²) >= 11 is 0. The van der Waals surface area contributed by atoms with Gasteiger partial charge in [-0.3, -0.25) is 4.79 Å². The van der Waals surface area contributed by atoms with E-state index in [1.807, 2.05) is 0 Å². The van der Waals surface area contributed by atoms with Gasteiger partial charge in [-0.15, -0.1) is 0 Å². The summed E-state index contributed by atoms with van der Waals surface area (Å²) < 4.78 is 10.5. The van der Waals surface area contributed by atoms with E-state index in [2.05, 4.69) is 5.32 Å². The summed E-state index contributed by atoms with van der Waals surface area (Å²) in [7, 11) is 0. The Morgan fingerprint density at radius 3 is 2.57 bits per heavy atom. The molecule has 7 atom stereocenters. The van der Waals surface area contributed by atoms with Crippen molar-refractivity contribution in [2.75, 3.05) is 13.2 Å². The average molecular weight is 308 g/mol. The largest absolute Gasteiger partial charge is 0.480 e. The van der Waals surface area contributed by atoms with Crippen LogP contribution < -0.4 is 11.1 Å². The number of rotatable bonds is 7. The minimum atomic E-state index is -1.35. The van der Waals surface area contributed by atoms with Crippen LogP contribution >= 0.6 is 0 Å². The molecule has 1 heterocycles. The minimum absolute atomic E-state index is 0.226. The van der Waals surface area contributed by atoms with E-state index in [4.69, 9.17) is 25.4 Å². The van der Waals surface area contributed by atoms with Crippen molar-refractivity contribution in [3.63, 3.8) is 0 Å². The molecule has 0 aliphatic carbocycles. The summed E-state index contributed by atoms with van der Waals surface area (Å²) in [4.78, 5) is 10.7. The van der Waals surface area contributed by atoms with E-state index >= 15 is 0 Å². The third-order valence-corrected chi connectivity index (χ3v) is 3.39. The fourth-order valence-electron chi connectivity index (χ4n) is 2.02. The molecular weight excluding hydrogens is 284 g/mol. The van der Waals surface area contributed by atoms with Gasteiger partial charge in [-0.1, -0.05) is 0 Å². The molecule has 124 valence electrons. The Bertz CT molecular complexity index is 344. The highest BCUT2D eigenvalue weighted by atomic mass is 16.6. The second kappa shape index (κ2) is 7.99. The third kappa shape index (κ3) is 4.85. The maximum atomic E-state index is 10.7. The van der Waals surface area contributed by atoms with E-state index in [0.717, 1.165) is 0 Å². The molecule has 0 spiro atoms. The molecule has 1 aliphatic heterocycles. The number of aliphatic carboxylic acids is 1. The zero-order valence-corrected chi connectivity index (χ0v) is 12.0. The van der Waals surface area contributed by atoms with E-state index < -0.39 is 55.4 Å². The standard InChI is InChI=1S/C12H24N2O7/c1-5(3-14-6(2)11(17)18)20-10-8(13)12(19)21-7(4-15)9(10)16/h5-10,12,14-16,19H,3-4,13H2,1-2H3,(H,17,18)/t5?,6-,7+,8+,9+,10+,12-/m0/s1. The molecule has 0 radical (unpaired) electrons. The van der Waals surface area contributed by atoms with Gasteiger partial charge in [0.25, 0.3) is 0 Å². The third-order valence-electron chi connectivity index (χ3n) is 3.39. The van der Waals surface area contributed by atoms with Crippen molar-refractivity contribution in [3.05, 3.63) is 0 Å². The lowest BCUT2D eigenvalue weighted by atomic mass is 9.97. The highest BCUT2D eigenvalue weighted by molar-refractivity contribution is 5.72. The van der Waals surface area contributed by atoms with Crippen molar-refractivity contribution in [1.82, 2.24) is 5.32 Å². The second-order valence-electron chi connectivity index (χ2n) is 5.20. The van der Waals surface area contributed by atoms with Crippen LogP contribution in [0.1, 0.15) is 13.8 Å². The van der Waals surface area contributed by atoms with Crippen molar-refractivity contribution in [2.45, 2.75) is 56.6 Å². The summed E-state index contributed by atoms with van der Waals surface area (Å²) in [6, 6.07) is -1.71. The smallest absolute Gasteiger partial charge is 0.320 e. The number of carboxylic acid groups (broad SMARTS) is 1. The zero-order chi connectivity index (χ0) is 16.2. The molecule has 0 aromatic rings. The molecule has 7 N–H and O–H groups in total. The molecule has 1 rings (SSSR count). The Kier molecular flexibility index (Phi) is 6.94. The fourth-order valence-corrected chi connectivity index (χ4v) is 2.02. The second-order valence-corrected chi connectivity index (χ2v) is 5.20. The van der Waals surface area contributed by atoms with Crippen molar-refractivity contribution in [3.8, 4) is 0 Å². The van der Waals surface area contributed by atoms with Gasteiger partial charge in [-0.2, -0.15) is 0 Å². The maximum absolute atomic E-state index is 10.7. The van der Waals surface area contributed by atoms with E-state index in [1.54, 1.807) is 6.92 Å². The molecule has 0 saturated carbocycles. The van der Waals surface area contributed by atoms with Crippen molar-refractivity contribution >= 4 is 5.97 Å². The highest BCUT2D eigenvalue weighted by Gasteiger charge is 2.44. The summed E-state index contributed by atoms with van der Waals surface area (Å²) in [5.74, 6) is -0.985. The first kappa shape index (κ1) is 18.2. The van der Waals surface area contributed by atoms with E-state index in [0.29, 0.717) is 0 Å². The number of nitrogens with one attached hydrogen (secondary N) is 1. The molecule has 1 aliphatic rings. The van der Waals surface area contributed by atoms with Crippen LogP contribution in [0.4, 0.5) is 0 Å². The topological polar surface area (TPSA) is 154 Å². The SMILES string of the molecule is CC(CN[C@@H](C)C(=O)O)O[C@@H]1[C@@H](N)[C@@H](O)O[C@H](CO)[C@H]1O. The van der Waals surface area contributed by atoms with Gasteiger partial charge < -0.3 is 41.0 Å². The molecule has 9 heteroatoms. The lowest BCUT2D eigenvalue weighted by Gasteiger charge is -2.41. The Hall–Kier alpha value is -0.810. The fraction of sp³-hybridized carbons (Fsp3) is 0.917. The number of hydrogen-bond donors (Lipinski definition) is 6. The van der Waals surface area contributed by atoms with Crippen molar-refractivity contribution in [1.29, 1.82) is 0 Å². The number of nitrogens with two attached hydrogens (primary N) is 1. The van der Waals surface area contributed by atoms with Crippen LogP contribution in [0.25, 0.3) is 0 Å². The normalized spacial score (nSPS) is 36.2. The van der Waals surface area contributed by atoms with Crippen LogP contribution in [0.2, 0.25) is 0 Å². The molecule has 0 bridgehead atoms. The van der Waals surface area contributed by atoms with E-state index in [-0.39, 0.29) is 6.54 Å². The van der Waals surface area contributed by atoms with E-state index in [1.165, 1.54) is 6.92 Å². The summed E-state index contributed by atoms with van der Waals surface area (Å²) in [5, 5.41) is 40.2. The van der Waals surface area contributed by atoms with Gasteiger partial charge in [0.05, 0.1) is 18.8 Å². The van der Waals surface area contributed by atoms with Crippen molar-refractivity contribution in [2.24, 2.45) is 5.73 Å². The monoisotopic (exact) mass is 308 g/mol. The summed E-state index contributed by atoms with van der Waals surface area (Å²) in [6.45, 7) is 2.92. The minimum Gasteiger partial charge on any atom is -0.480 e. The van der Waals surface area contributed by atoms with Gasteiger partial charge in [-0.05, 0) is 13.8 Å². The molecule has 21 heavy (non-hydrogen) atoms.